The Balaban J connectivity index is 0. The molecule has 14 heavy (non-hydrogen) atoms. The van der Waals surface area contributed by atoms with Crippen molar-refractivity contribution in [1.29, 1.82) is 0 Å². The minimum Gasteiger partial charge on any atom is -0.421 e. The van der Waals surface area contributed by atoms with Gasteiger partial charge in [-0.25, -0.2) is 9.36 Å². The molecule has 0 spiro atoms. The molecule has 1 atom stereocenters. The molecule has 0 aromatic carbocycles. The van der Waals surface area contributed by atoms with Crippen LogP contribution in [0.1, 0.15) is 13.8 Å². The Morgan fingerprint density at radius 1 is 1.50 bits per heavy atom. The Kier molecular flexibility index (Phi) is 12.3. The number of carbonyl (C=O) groups excluding carboxylic acids is 1. The molecule has 1 unspecified atom stereocenters. The topological polar surface area (TPSA) is 61.8 Å². The molecule has 0 bridgehead atoms. The maximum atomic E-state index is 10.7. The van der Waals surface area contributed by atoms with Gasteiger partial charge < -0.3 is 13.8 Å². The molecule has 0 aliphatic rings. The Bertz CT molecular complexity index is 244. The number of ether oxygens (including phenoxy) is 1. The normalized spacial score (nSPS) is 10.1. The number of rotatable bonds is 4. The van der Waals surface area contributed by atoms with Gasteiger partial charge >= 0.3 is 14.4 Å². The molecule has 0 aromatic heterocycles. The van der Waals surface area contributed by atoms with E-state index in [2.05, 4.69) is 25.6 Å². The van der Waals surface area contributed by atoms with E-state index in [4.69, 9.17) is 0 Å². The predicted molar refractivity (Wildman–Crippen MR) is 52.3 cm³/mol. The van der Waals surface area contributed by atoms with Gasteiger partial charge in [-0.15, -0.1) is 5.92 Å². The van der Waals surface area contributed by atoms with Crippen molar-refractivity contribution in [2.75, 3.05) is 13.2 Å². The van der Waals surface area contributed by atoms with Crippen LogP contribution in [0.4, 0.5) is 4.79 Å². The second-order valence-corrected chi connectivity index (χ2v) is 2.74. The SMILES string of the molecule is CC#CCOC(=O)O[PH](=O)OCC.[Li]. The fourth-order valence-corrected chi connectivity index (χ4v) is 0.902. The van der Waals surface area contributed by atoms with Gasteiger partial charge in [0.25, 0.3) is 0 Å². The molecule has 5 nitrogen and oxygen atoms in total. The van der Waals surface area contributed by atoms with Crippen LogP contribution in [0.3, 0.4) is 0 Å². The third kappa shape index (κ3) is 9.70. The Hall–Kier alpha value is -0.383. The summed E-state index contributed by atoms with van der Waals surface area (Å²) in [5, 5.41) is 0. The smallest absolute Gasteiger partial charge is 0.421 e. The molecular formula is C7H11LiO5P. The van der Waals surface area contributed by atoms with Crippen molar-refractivity contribution >= 4 is 33.3 Å². The molecule has 0 aliphatic carbocycles. The second kappa shape index (κ2) is 10.7. The molecular weight excluding hydrogens is 202 g/mol. The molecule has 75 valence electrons. The van der Waals surface area contributed by atoms with E-state index in [1.54, 1.807) is 13.8 Å². The third-order valence-electron chi connectivity index (χ3n) is 0.868. The number of hydrogen-bond donors (Lipinski definition) is 0. The maximum absolute atomic E-state index is 10.7. The molecule has 0 amide bonds. The van der Waals surface area contributed by atoms with Crippen LogP contribution < -0.4 is 0 Å². The van der Waals surface area contributed by atoms with E-state index < -0.39 is 14.4 Å². The maximum Gasteiger partial charge on any atom is 0.515 e. The minimum absolute atomic E-state index is 0. The minimum atomic E-state index is -2.75. The average molecular weight is 213 g/mol. The molecule has 0 saturated heterocycles. The first-order valence-corrected chi connectivity index (χ1v) is 4.84. The standard InChI is InChI=1S/C7H11O5P.Li/c1-3-5-6-10-7(8)12-13(9)11-4-2;/h13H,4,6H2,1-2H3;. The molecule has 0 rings (SSSR count). The van der Waals surface area contributed by atoms with E-state index in [1.165, 1.54) is 0 Å². The summed E-state index contributed by atoms with van der Waals surface area (Å²) in [5.74, 6) is 5.00. The molecule has 1 radical (unpaired) electrons. The summed E-state index contributed by atoms with van der Waals surface area (Å²) in [6.45, 7) is 3.40. The van der Waals surface area contributed by atoms with Crippen LogP contribution in [0.5, 0.6) is 0 Å². The summed E-state index contributed by atoms with van der Waals surface area (Å²) in [6.07, 6.45) is -1.03. The summed E-state index contributed by atoms with van der Waals surface area (Å²) in [4.78, 5) is 10.6. The zero-order valence-corrected chi connectivity index (χ0v) is 9.46. The summed E-state index contributed by atoms with van der Waals surface area (Å²) < 4.78 is 23.8. The molecule has 7 heteroatoms. The first kappa shape index (κ1) is 16.1. The van der Waals surface area contributed by atoms with Crippen LogP contribution in [0, 0.1) is 11.8 Å². The van der Waals surface area contributed by atoms with Gasteiger partial charge in [0, 0.05) is 18.9 Å². The third-order valence-corrected chi connectivity index (χ3v) is 1.73. The van der Waals surface area contributed by atoms with Crippen molar-refractivity contribution in [3.05, 3.63) is 0 Å². The van der Waals surface area contributed by atoms with Gasteiger partial charge in [0.15, 0.2) is 6.61 Å². The van der Waals surface area contributed by atoms with Crippen LogP contribution in [0.25, 0.3) is 0 Å². The van der Waals surface area contributed by atoms with Gasteiger partial charge in [-0.3, -0.25) is 0 Å². The molecule has 0 heterocycles. The fourth-order valence-electron chi connectivity index (χ4n) is 0.412. The van der Waals surface area contributed by atoms with Crippen molar-refractivity contribution in [2.24, 2.45) is 0 Å². The number of carbonyl (C=O) groups is 1. The van der Waals surface area contributed by atoms with Crippen LogP contribution in [-0.2, 0) is 18.3 Å². The van der Waals surface area contributed by atoms with Crippen molar-refractivity contribution in [3.63, 3.8) is 0 Å². The van der Waals surface area contributed by atoms with Gasteiger partial charge in [-0.05, 0) is 13.8 Å². The first-order chi connectivity index (χ1) is 6.20. The fraction of sp³-hybridized carbons (Fsp3) is 0.571. The van der Waals surface area contributed by atoms with Crippen LogP contribution in [0.15, 0.2) is 0 Å². The quantitative estimate of drug-likeness (QED) is 0.304. The van der Waals surface area contributed by atoms with Crippen molar-refractivity contribution < 1.29 is 23.1 Å². The van der Waals surface area contributed by atoms with E-state index in [1.807, 2.05) is 0 Å². The van der Waals surface area contributed by atoms with E-state index >= 15 is 0 Å². The summed E-state index contributed by atoms with van der Waals surface area (Å²) in [6, 6.07) is 0. The van der Waals surface area contributed by atoms with Crippen LogP contribution in [0.2, 0.25) is 0 Å². The molecule has 0 saturated carbocycles. The number of hydrogen-bond acceptors (Lipinski definition) is 5. The molecule has 0 aliphatic heterocycles. The van der Waals surface area contributed by atoms with Crippen molar-refractivity contribution in [1.82, 2.24) is 0 Å². The second-order valence-electron chi connectivity index (χ2n) is 1.75. The zero-order chi connectivity index (χ0) is 10.1. The van der Waals surface area contributed by atoms with E-state index in [-0.39, 0.29) is 32.1 Å². The first-order valence-electron chi connectivity index (χ1n) is 3.61. The largest absolute Gasteiger partial charge is 0.515 e. The van der Waals surface area contributed by atoms with E-state index in [9.17, 15) is 9.36 Å². The Morgan fingerprint density at radius 2 is 2.14 bits per heavy atom. The van der Waals surface area contributed by atoms with Crippen LogP contribution >= 0.6 is 8.25 Å². The summed E-state index contributed by atoms with van der Waals surface area (Å²) in [5.41, 5.74) is 0. The van der Waals surface area contributed by atoms with Gasteiger partial charge in [-0.2, -0.15) is 0 Å². The summed E-state index contributed by atoms with van der Waals surface area (Å²) in [7, 11) is -2.75. The molecule has 0 N–H and O–H groups in total. The Labute approximate surface area is 95.6 Å². The molecule has 0 fully saturated rings. The molecule has 0 aromatic rings. The average Bonchev–Trinajstić information content (AvgIpc) is 2.05. The van der Waals surface area contributed by atoms with Gasteiger partial charge in [0.05, 0.1) is 6.61 Å². The van der Waals surface area contributed by atoms with Gasteiger partial charge in [0.2, 0.25) is 0 Å². The van der Waals surface area contributed by atoms with Crippen LogP contribution in [-0.4, -0.2) is 38.2 Å². The monoisotopic (exact) mass is 213 g/mol. The zero-order valence-electron chi connectivity index (χ0n) is 8.46. The van der Waals surface area contributed by atoms with Crippen molar-refractivity contribution in [2.45, 2.75) is 13.8 Å². The summed E-state index contributed by atoms with van der Waals surface area (Å²) >= 11 is 0. The van der Waals surface area contributed by atoms with Gasteiger partial charge in [-0.1, -0.05) is 5.92 Å². The Morgan fingerprint density at radius 3 is 2.64 bits per heavy atom. The predicted octanol–water partition coefficient (Wildman–Crippen LogP) is 1.21. The van der Waals surface area contributed by atoms with Gasteiger partial charge in [0.1, 0.15) is 0 Å². The van der Waals surface area contributed by atoms with E-state index in [0.29, 0.717) is 0 Å². The van der Waals surface area contributed by atoms with E-state index in [0.717, 1.165) is 0 Å². The van der Waals surface area contributed by atoms with Crippen molar-refractivity contribution in [3.8, 4) is 11.8 Å².